The van der Waals surface area contributed by atoms with E-state index in [-0.39, 0.29) is 12.6 Å². The molecule has 15 heteroatoms. The van der Waals surface area contributed by atoms with E-state index < -0.39 is 79.8 Å². The van der Waals surface area contributed by atoms with Gasteiger partial charge in [0.2, 0.25) is 0 Å². The molecule has 2 aliphatic heterocycles. The van der Waals surface area contributed by atoms with Crippen LogP contribution in [-0.2, 0) is 28.5 Å². The van der Waals surface area contributed by atoms with Gasteiger partial charge in [-0.1, -0.05) is 44.4 Å². The molecule has 40 heavy (non-hydrogen) atoms. The molecule has 7 N–H and O–H groups in total. The Morgan fingerprint density at radius 1 is 0.825 bits per heavy atom. The Balaban J connectivity index is 2.04. The van der Waals surface area contributed by atoms with E-state index in [1.54, 1.807) is 6.92 Å². The summed E-state index contributed by atoms with van der Waals surface area (Å²) >= 11 is 0.969. The molecule has 0 spiro atoms. The summed E-state index contributed by atoms with van der Waals surface area (Å²) in [5, 5.41) is 63.2. The molecule has 0 radical (unpaired) electrons. The highest BCUT2D eigenvalue weighted by Gasteiger charge is 2.51. The Labute approximate surface area is 238 Å². The minimum absolute atomic E-state index is 0.222. The number of hydrogen-bond acceptors (Lipinski definition) is 14. The van der Waals surface area contributed by atoms with Gasteiger partial charge in [0, 0.05) is 13.0 Å². The van der Waals surface area contributed by atoms with Crippen molar-refractivity contribution in [1.82, 2.24) is 5.32 Å². The van der Waals surface area contributed by atoms with Gasteiger partial charge >= 0.3 is 5.97 Å². The average Bonchev–Trinajstić information content (AvgIpc) is 2.94. The van der Waals surface area contributed by atoms with Crippen molar-refractivity contribution >= 4 is 23.0 Å². The number of nitrogens with one attached hydrogen (secondary N) is 1. The van der Waals surface area contributed by atoms with Crippen LogP contribution in [-0.4, -0.2) is 136 Å². The van der Waals surface area contributed by atoms with Crippen LogP contribution >= 0.6 is 11.8 Å². The number of thioether (sulfide) groups is 1. The van der Waals surface area contributed by atoms with Crippen LogP contribution < -0.4 is 5.32 Å². The number of carbonyl (C=O) groups excluding carboxylic acids is 2. The van der Waals surface area contributed by atoms with Gasteiger partial charge in [-0.05, 0) is 18.6 Å². The van der Waals surface area contributed by atoms with E-state index >= 15 is 0 Å². The lowest BCUT2D eigenvalue weighted by Crippen LogP contribution is -2.68. The van der Waals surface area contributed by atoms with Gasteiger partial charge in [-0.3, -0.25) is 9.59 Å². The summed E-state index contributed by atoms with van der Waals surface area (Å²) in [5.74, 6) is 0.241. The van der Waals surface area contributed by atoms with Crippen molar-refractivity contribution in [3.05, 3.63) is 0 Å². The van der Waals surface area contributed by atoms with Gasteiger partial charge in [0.05, 0.1) is 20.3 Å². The summed E-state index contributed by atoms with van der Waals surface area (Å²) in [6.45, 7) is 0.737. The molecule has 1 amide bonds. The minimum atomic E-state index is -1.74. The third-order valence-electron chi connectivity index (χ3n) is 6.84. The smallest absolute Gasteiger partial charge is 0.305 e. The molecule has 234 valence electrons. The lowest BCUT2D eigenvalue weighted by molar-refractivity contribution is -0.344. The maximum absolute atomic E-state index is 12.5. The van der Waals surface area contributed by atoms with E-state index in [4.69, 9.17) is 18.9 Å². The number of ether oxygens (including phenoxy) is 5. The molecule has 0 aliphatic carbocycles. The van der Waals surface area contributed by atoms with Gasteiger partial charge in [0.25, 0.3) is 5.24 Å². The first-order valence-electron chi connectivity index (χ1n) is 13.7. The standard InChI is InChI=1S/C25H45NO13S/c1-3-40-25(34)26-17-22(39-24-21(33)20(32)18(30)14(12-27)38-24)19(31)15(13-28)37-23(17)36-11-9-7-5-4-6-8-10-16(29)35-2/h14-15,17-24,27-28,30-33H,3-13H2,1-2H3,(H,26,34)/t14?,15?,17?,18-,19+,20?,21?,22?,23+,24?/m0/s1. The van der Waals surface area contributed by atoms with Crippen molar-refractivity contribution in [1.29, 1.82) is 0 Å². The van der Waals surface area contributed by atoms with E-state index in [1.165, 1.54) is 7.11 Å². The number of amides is 1. The summed E-state index contributed by atoms with van der Waals surface area (Å²) in [6, 6.07) is -1.10. The molecule has 2 heterocycles. The van der Waals surface area contributed by atoms with E-state index in [2.05, 4.69) is 10.1 Å². The fraction of sp³-hybridized carbons (Fsp3) is 0.920. The zero-order valence-electron chi connectivity index (χ0n) is 23.0. The lowest BCUT2D eigenvalue weighted by atomic mass is 9.95. The van der Waals surface area contributed by atoms with E-state index in [1.807, 2.05) is 0 Å². The van der Waals surface area contributed by atoms with Gasteiger partial charge in [0.1, 0.15) is 48.8 Å². The van der Waals surface area contributed by atoms with Crippen LogP contribution in [0.3, 0.4) is 0 Å². The third kappa shape index (κ3) is 10.3. The molecule has 2 saturated heterocycles. The number of hydrogen-bond donors (Lipinski definition) is 7. The van der Waals surface area contributed by atoms with Crippen molar-refractivity contribution in [2.24, 2.45) is 0 Å². The van der Waals surface area contributed by atoms with Crippen LogP contribution in [0.25, 0.3) is 0 Å². The zero-order valence-corrected chi connectivity index (χ0v) is 23.8. The molecule has 14 nitrogen and oxygen atoms in total. The normalized spacial score (nSPS) is 34.4. The summed E-state index contributed by atoms with van der Waals surface area (Å²) < 4.78 is 27.6. The first-order valence-corrected chi connectivity index (χ1v) is 14.7. The van der Waals surface area contributed by atoms with E-state index in [0.29, 0.717) is 18.6 Å². The molecule has 0 aromatic heterocycles. The maximum Gasteiger partial charge on any atom is 0.305 e. The summed E-state index contributed by atoms with van der Waals surface area (Å²) in [6.07, 6.45) is -7.61. The van der Waals surface area contributed by atoms with Gasteiger partial charge in [-0.2, -0.15) is 0 Å². The highest BCUT2D eigenvalue weighted by molar-refractivity contribution is 8.13. The van der Waals surface area contributed by atoms with Crippen molar-refractivity contribution in [3.63, 3.8) is 0 Å². The van der Waals surface area contributed by atoms with Crippen LogP contribution in [0, 0.1) is 0 Å². The van der Waals surface area contributed by atoms with Crippen LogP contribution in [0.15, 0.2) is 0 Å². The lowest BCUT2D eigenvalue weighted by Gasteiger charge is -2.47. The Hall–Kier alpha value is -1.11. The fourth-order valence-electron chi connectivity index (χ4n) is 4.55. The number of unbranched alkanes of at least 4 members (excludes halogenated alkanes) is 5. The predicted molar refractivity (Wildman–Crippen MR) is 141 cm³/mol. The second-order valence-corrected chi connectivity index (χ2v) is 11.0. The SMILES string of the molecule is CCSC(=O)NC1C(OC2OC(CO)[C@H](O)C(O)C2O)[C@H](O)C(CO)O[C@H]1OCCCCCCCCC(=O)OC. The van der Waals surface area contributed by atoms with Gasteiger partial charge in [-0.15, -0.1) is 0 Å². The Bertz CT molecular complexity index is 748. The molecule has 0 aromatic rings. The van der Waals surface area contributed by atoms with Crippen molar-refractivity contribution in [2.75, 3.05) is 32.7 Å². The van der Waals surface area contributed by atoms with Crippen LogP contribution in [0.1, 0.15) is 51.9 Å². The highest BCUT2D eigenvalue weighted by Crippen LogP contribution is 2.30. The largest absolute Gasteiger partial charge is 0.469 e. The van der Waals surface area contributed by atoms with Crippen LogP contribution in [0.4, 0.5) is 4.79 Å². The predicted octanol–water partition coefficient (Wildman–Crippen LogP) is -0.999. The molecular formula is C25H45NO13S. The number of carbonyl (C=O) groups is 2. The molecular weight excluding hydrogens is 554 g/mol. The first-order chi connectivity index (χ1) is 19.2. The monoisotopic (exact) mass is 599 g/mol. The topological polar surface area (TPSA) is 214 Å². The first kappa shape index (κ1) is 35.1. The van der Waals surface area contributed by atoms with Crippen molar-refractivity contribution in [2.45, 2.75) is 113 Å². The molecule has 7 unspecified atom stereocenters. The van der Waals surface area contributed by atoms with Crippen LogP contribution in [0.2, 0.25) is 0 Å². The van der Waals surface area contributed by atoms with Gasteiger partial charge in [-0.25, -0.2) is 0 Å². The molecule has 0 aromatic carbocycles. The molecule has 2 aliphatic rings. The van der Waals surface area contributed by atoms with Crippen molar-refractivity contribution in [3.8, 4) is 0 Å². The van der Waals surface area contributed by atoms with Gasteiger partial charge < -0.3 is 59.6 Å². The summed E-state index contributed by atoms with van der Waals surface area (Å²) in [5.41, 5.74) is 0. The quantitative estimate of drug-likeness (QED) is 0.0838. The van der Waals surface area contributed by atoms with Crippen molar-refractivity contribution < 1.29 is 63.9 Å². The number of rotatable bonds is 16. The Morgan fingerprint density at radius 2 is 1.43 bits per heavy atom. The zero-order chi connectivity index (χ0) is 29.7. The third-order valence-corrected chi connectivity index (χ3v) is 7.51. The number of methoxy groups -OCH3 is 1. The number of esters is 1. The Kier molecular flexibility index (Phi) is 16.2. The molecule has 10 atom stereocenters. The van der Waals surface area contributed by atoms with Gasteiger partial charge in [0.15, 0.2) is 12.6 Å². The molecule has 0 saturated carbocycles. The highest BCUT2D eigenvalue weighted by atomic mass is 32.2. The molecule has 0 bridgehead atoms. The summed E-state index contributed by atoms with van der Waals surface area (Å²) in [4.78, 5) is 23.7. The Morgan fingerprint density at radius 3 is 2.05 bits per heavy atom. The maximum atomic E-state index is 12.5. The second kappa shape index (κ2) is 18.4. The second-order valence-electron chi connectivity index (χ2n) is 9.72. The fourth-order valence-corrected chi connectivity index (χ4v) is 5.03. The number of aliphatic hydroxyl groups is 6. The minimum Gasteiger partial charge on any atom is -0.469 e. The average molecular weight is 600 g/mol. The molecule has 2 rings (SSSR count). The van der Waals surface area contributed by atoms with E-state index in [0.717, 1.165) is 43.9 Å². The van der Waals surface area contributed by atoms with E-state index in [9.17, 15) is 40.2 Å². The summed E-state index contributed by atoms with van der Waals surface area (Å²) in [7, 11) is 1.37. The van der Waals surface area contributed by atoms with Crippen LogP contribution in [0.5, 0.6) is 0 Å². The number of aliphatic hydroxyl groups excluding tert-OH is 6. The molecule has 2 fully saturated rings.